The number of carbonyl (C=O) groups is 6. The first-order chi connectivity index (χ1) is 18.4. The summed E-state index contributed by atoms with van der Waals surface area (Å²) < 4.78 is 20.6. The van der Waals surface area contributed by atoms with Gasteiger partial charge in [0.05, 0.1) is 32.8 Å². The maximum Gasteiger partial charge on any atom is 0.407 e. The highest BCUT2D eigenvalue weighted by Gasteiger charge is 2.24. The van der Waals surface area contributed by atoms with Crippen LogP contribution in [-0.4, -0.2) is 99.2 Å². The highest BCUT2D eigenvalue weighted by atomic mass is 16.6. The second kappa shape index (κ2) is 18.1. The molecule has 0 radical (unpaired) electrons. The number of unbranched alkanes of at least 4 members (excludes halogenated alkanes) is 1. The molecule has 0 spiro atoms. The van der Waals surface area contributed by atoms with E-state index in [1.54, 1.807) is 20.8 Å². The van der Waals surface area contributed by atoms with Crippen molar-refractivity contribution in [2.24, 2.45) is 5.92 Å². The lowest BCUT2D eigenvalue weighted by Gasteiger charge is -2.19. The molecule has 0 fully saturated rings. The van der Waals surface area contributed by atoms with Crippen LogP contribution in [0, 0.1) is 5.92 Å². The molecule has 13 nitrogen and oxygen atoms in total. The molecule has 2 N–H and O–H groups in total. The van der Waals surface area contributed by atoms with Gasteiger partial charge in [-0.3, -0.25) is 28.9 Å². The van der Waals surface area contributed by atoms with Crippen LogP contribution in [0.2, 0.25) is 0 Å². The Bertz CT molecular complexity index is 864. The Balaban J connectivity index is 2.10. The first-order valence-corrected chi connectivity index (χ1v) is 12.9. The van der Waals surface area contributed by atoms with E-state index in [1.807, 2.05) is 0 Å². The Morgan fingerprint density at radius 2 is 1.59 bits per heavy atom. The van der Waals surface area contributed by atoms with Crippen LogP contribution in [0.4, 0.5) is 4.79 Å². The van der Waals surface area contributed by atoms with Gasteiger partial charge in [-0.1, -0.05) is 6.42 Å². The summed E-state index contributed by atoms with van der Waals surface area (Å²) >= 11 is 0. The monoisotopic (exact) mass is 555 g/mol. The first-order valence-electron chi connectivity index (χ1n) is 12.9. The third-order valence-corrected chi connectivity index (χ3v) is 5.32. The van der Waals surface area contributed by atoms with Gasteiger partial charge in [0.15, 0.2) is 5.78 Å². The SMILES string of the molecule is COC(=O)C(CCCCNC(=O)OC(C)(C)C)CC(=O)COCCOCCNC(=O)CCN1C(=O)C=CC1=O. The van der Waals surface area contributed by atoms with Crippen molar-refractivity contribution in [1.82, 2.24) is 15.5 Å². The molecule has 0 aromatic rings. The average molecular weight is 556 g/mol. The van der Waals surface area contributed by atoms with Crippen LogP contribution in [-0.2, 0) is 42.9 Å². The molecule has 0 aromatic carbocycles. The number of Topliss-reactive ketones (excluding diaryl/α,β-unsaturated/α-hetero) is 1. The zero-order chi connectivity index (χ0) is 29.3. The van der Waals surface area contributed by atoms with Gasteiger partial charge in [0.25, 0.3) is 11.8 Å². The Labute approximate surface area is 228 Å². The zero-order valence-electron chi connectivity index (χ0n) is 23.2. The van der Waals surface area contributed by atoms with Gasteiger partial charge in [-0.05, 0) is 33.6 Å². The quantitative estimate of drug-likeness (QED) is 0.133. The van der Waals surface area contributed by atoms with Crippen LogP contribution < -0.4 is 10.6 Å². The van der Waals surface area contributed by atoms with Gasteiger partial charge in [0.1, 0.15) is 12.2 Å². The van der Waals surface area contributed by atoms with E-state index >= 15 is 0 Å². The lowest BCUT2D eigenvalue weighted by atomic mass is 9.96. The molecule has 13 heteroatoms. The van der Waals surface area contributed by atoms with E-state index in [0.717, 1.165) is 17.1 Å². The van der Waals surface area contributed by atoms with Gasteiger partial charge in [-0.2, -0.15) is 0 Å². The lowest BCUT2D eigenvalue weighted by Crippen LogP contribution is -2.35. The highest BCUT2D eigenvalue weighted by molar-refractivity contribution is 6.13. The van der Waals surface area contributed by atoms with Crippen molar-refractivity contribution < 1.29 is 47.7 Å². The second-order valence-electron chi connectivity index (χ2n) is 9.81. The van der Waals surface area contributed by atoms with Crippen molar-refractivity contribution in [1.29, 1.82) is 0 Å². The number of hydrogen-bond donors (Lipinski definition) is 2. The van der Waals surface area contributed by atoms with Crippen molar-refractivity contribution in [3.05, 3.63) is 12.2 Å². The van der Waals surface area contributed by atoms with Gasteiger partial charge >= 0.3 is 12.1 Å². The molecule has 0 aliphatic carbocycles. The van der Waals surface area contributed by atoms with Crippen molar-refractivity contribution in [3.8, 4) is 0 Å². The minimum atomic E-state index is -0.592. The number of nitrogens with zero attached hydrogens (tertiary/aromatic N) is 1. The van der Waals surface area contributed by atoms with E-state index in [-0.39, 0.29) is 64.0 Å². The minimum Gasteiger partial charge on any atom is -0.469 e. The highest BCUT2D eigenvalue weighted by Crippen LogP contribution is 2.15. The number of nitrogens with one attached hydrogen (secondary N) is 2. The molecule has 1 atom stereocenters. The molecule has 1 rings (SSSR count). The molecule has 0 saturated carbocycles. The molecule has 0 saturated heterocycles. The molecule has 1 unspecified atom stereocenters. The number of ketones is 1. The molecular weight excluding hydrogens is 514 g/mol. The van der Waals surface area contributed by atoms with E-state index in [4.69, 9.17) is 18.9 Å². The zero-order valence-corrected chi connectivity index (χ0v) is 23.2. The molecule has 39 heavy (non-hydrogen) atoms. The summed E-state index contributed by atoms with van der Waals surface area (Å²) in [6, 6.07) is 0. The fourth-order valence-electron chi connectivity index (χ4n) is 3.45. The molecule has 1 aliphatic rings. The van der Waals surface area contributed by atoms with E-state index in [2.05, 4.69) is 10.6 Å². The van der Waals surface area contributed by atoms with Gasteiger partial charge in [-0.15, -0.1) is 0 Å². The maximum atomic E-state index is 12.2. The summed E-state index contributed by atoms with van der Waals surface area (Å²) in [5, 5.41) is 5.27. The Hall–Kier alpha value is -3.32. The number of alkyl carbamates (subject to hydrolysis) is 1. The van der Waals surface area contributed by atoms with Crippen molar-refractivity contribution >= 4 is 35.6 Å². The van der Waals surface area contributed by atoms with Gasteiger partial charge in [-0.25, -0.2) is 4.79 Å². The van der Waals surface area contributed by atoms with E-state index in [1.165, 1.54) is 7.11 Å². The standard InChI is InChI=1S/C26H41N3O10/c1-26(2,3)39-25(35)28-11-6-5-7-19(24(34)36-4)17-20(30)18-38-16-15-37-14-12-27-21(31)10-13-29-22(32)8-9-23(29)33/h8-9,19H,5-7,10-18H2,1-4H3,(H,27,31)(H,28,35). The summed E-state index contributed by atoms with van der Waals surface area (Å²) in [4.78, 5) is 71.6. The van der Waals surface area contributed by atoms with Crippen LogP contribution in [0.3, 0.4) is 0 Å². The fourth-order valence-corrected chi connectivity index (χ4v) is 3.45. The Morgan fingerprint density at radius 3 is 2.23 bits per heavy atom. The van der Waals surface area contributed by atoms with Crippen LogP contribution in [0.5, 0.6) is 0 Å². The number of methoxy groups -OCH3 is 1. The summed E-state index contributed by atoms with van der Waals surface area (Å²) in [6.07, 6.45) is 3.48. The molecule has 0 bridgehead atoms. The van der Waals surface area contributed by atoms with Crippen LogP contribution in [0.25, 0.3) is 0 Å². The topological polar surface area (TPSA) is 167 Å². The maximum absolute atomic E-state index is 12.2. The molecule has 1 aliphatic heterocycles. The summed E-state index contributed by atoms with van der Waals surface area (Å²) in [7, 11) is 1.27. The normalized spacial score (nSPS) is 13.8. The number of esters is 1. The first kappa shape index (κ1) is 33.7. The number of hydrogen-bond acceptors (Lipinski definition) is 10. The lowest BCUT2D eigenvalue weighted by molar-refractivity contribution is -0.148. The van der Waals surface area contributed by atoms with E-state index < -0.39 is 35.4 Å². The van der Waals surface area contributed by atoms with Gasteiger partial charge < -0.3 is 29.6 Å². The predicted octanol–water partition coefficient (Wildman–Crippen LogP) is 0.894. The molecule has 4 amide bonds. The third kappa shape index (κ3) is 15.6. The average Bonchev–Trinajstić information content (AvgIpc) is 3.18. The smallest absolute Gasteiger partial charge is 0.407 e. The number of ether oxygens (including phenoxy) is 4. The second-order valence-corrected chi connectivity index (χ2v) is 9.81. The van der Waals surface area contributed by atoms with E-state index in [9.17, 15) is 28.8 Å². The molecule has 220 valence electrons. The third-order valence-electron chi connectivity index (χ3n) is 5.32. The predicted molar refractivity (Wildman–Crippen MR) is 138 cm³/mol. The molecule has 0 aromatic heterocycles. The van der Waals surface area contributed by atoms with Gasteiger partial charge in [0, 0.05) is 44.6 Å². The van der Waals surface area contributed by atoms with Crippen LogP contribution in [0.15, 0.2) is 12.2 Å². The molecule has 1 heterocycles. The van der Waals surface area contributed by atoms with Crippen molar-refractivity contribution in [2.45, 2.75) is 58.5 Å². The summed E-state index contributed by atoms with van der Waals surface area (Å²) in [6.45, 7) is 6.39. The summed E-state index contributed by atoms with van der Waals surface area (Å²) in [5.41, 5.74) is -0.577. The van der Waals surface area contributed by atoms with Crippen LogP contribution >= 0.6 is 0 Å². The fraction of sp³-hybridized carbons (Fsp3) is 0.692. The molecular formula is C26H41N3O10. The number of amides is 4. The minimum absolute atomic E-state index is 0.0000775. The van der Waals surface area contributed by atoms with Crippen molar-refractivity contribution in [2.75, 3.05) is 53.2 Å². The summed E-state index contributed by atoms with van der Waals surface area (Å²) in [5.74, 6) is -2.48. The largest absolute Gasteiger partial charge is 0.469 e. The van der Waals surface area contributed by atoms with Crippen molar-refractivity contribution in [3.63, 3.8) is 0 Å². The Morgan fingerprint density at radius 1 is 0.923 bits per heavy atom. The van der Waals surface area contributed by atoms with E-state index in [0.29, 0.717) is 25.8 Å². The number of carbonyl (C=O) groups excluding carboxylic acids is 6. The number of rotatable bonds is 19. The van der Waals surface area contributed by atoms with Crippen LogP contribution in [0.1, 0.15) is 52.9 Å². The number of imide groups is 1. The Kier molecular flexibility index (Phi) is 15.6. The van der Waals surface area contributed by atoms with Gasteiger partial charge in [0.2, 0.25) is 5.91 Å².